The molecule has 0 radical (unpaired) electrons. The molecule has 0 bridgehead atoms. The topological polar surface area (TPSA) is 97.0 Å². The number of piperidine rings is 1. The highest BCUT2D eigenvalue weighted by Gasteiger charge is 2.28. The van der Waals surface area contributed by atoms with Crippen molar-refractivity contribution in [1.82, 2.24) is 30.3 Å². The molecular formula is C20H22N6O2. The zero-order valence-electron chi connectivity index (χ0n) is 15.5. The van der Waals surface area contributed by atoms with Crippen molar-refractivity contribution in [2.75, 3.05) is 13.1 Å². The van der Waals surface area contributed by atoms with Crippen LogP contribution >= 0.6 is 0 Å². The zero-order chi connectivity index (χ0) is 19.2. The van der Waals surface area contributed by atoms with Crippen LogP contribution in [0.2, 0.25) is 0 Å². The summed E-state index contributed by atoms with van der Waals surface area (Å²) >= 11 is 0. The Hall–Kier alpha value is -3.29. The summed E-state index contributed by atoms with van der Waals surface area (Å²) in [5.41, 5.74) is 1.60. The van der Waals surface area contributed by atoms with Gasteiger partial charge in [0.15, 0.2) is 0 Å². The average molecular weight is 378 g/mol. The largest absolute Gasteiger partial charge is 0.339 e. The van der Waals surface area contributed by atoms with E-state index in [-0.39, 0.29) is 12.1 Å². The number of urea groups is 1. The molecular weight excluding hydrogens is 356 g/mol. The number of pyridine rings is 2. The molecule has 3 aromatic heterocycles. The van der Waals surface area contributed by atoms with Crippen LogP contribution in [0.1, 0.15) is 36.9 Å². The Labute approximate surface area is 163 Å². The van der Waals surface area contributed by atoms with E-state index in [9.17, 15) is 4.79 Å². The highest BCUT2D eigenvalue weighted by atomic mass is 16.5. The molecule has 0 saturated carbocycles. The van der Waals surface area contributed by atoms with Crippen LogP contribution in [-0.2, 0) is 6.42 Å². The van der Waals surface area contributed by atoms with Crippen molar-refractivity contribution in [3.63, 3.8) is 0 Å². The van der Waals surface area contributed by atoms with Gasteiger partial charge in [-0.05, 0) is 43.5 Å². The summed E-state index contributed by atoms with van der Waals surface area (Å²) in [4.78, 5) is 27.6. The number of amides is 2. The van der Waals surface area contributed by atoms with Crippen LogP contribution in [-0.4, -0.2) is 44.1 Å². The van der Waals surface area contributed by atoms with Gasteiger partial charge in [-0.3, -0.25) is 9.97 Å². The van der Waals surface area contributed by atoms with Crippen LogP contribution in [0.5, 0.6) is 0 Å². The second-order valence-corrected chi connectivity index (χ2v) is 6.67. The van der Waals surface area contributed by atoms with E-state index >= 15 is 0 Å². The van der Waals surface area contributed by atoms with Gasteiger partial charge in [0.05, 0.1) is 11.7 Å². The molecule has 4 heterocycles. The number of rotatable bonds is 5. The molecule has 1 aliphatic rings. The zero-order valence-corrected chi connectivity index (χ0v) is 15.5. The molecule has 0 unspecified atom stereocenters. The van der Waals surface area contributed by atoms with Crippen LogP contribution < -0.4 is 5.32 Å². The first-order valence-electron chi connectivity index (χ1n) is 9.50. The third kappa shape index (κ3) is 4.16. The minimum absolute atomic E-state index is 0.0223. The maximum atomic E-state index is 12.7. The lowest BCUT2D eigenvalue weighted by atomic mass is 9.99. The number of nitrogens with one attached hydrogen (secondary N) is 1. The van der Waals surface area contributed by atoms with Crippen LogP contribution in [0.25, 0.3) is 11.5 Å². The van der Waals surface area contributed by atoms with Crippen LogP contribution in [0.4, 0.5) is 4.79 Å². The van der Waals surface area contributed by atoms with Gasteiger partial charge in [-0.1, -0.05) is 17.3 Å². The minimum atomic E-state index is -0.0835. The molecule has 1 N–H and O–H groups in total. The summed E-state index contributed by atoms with van der Waals surface area (Å²) < 4.78 is 5.26. The van der Waals surface area contributed by atoms with E-state index in [1.807, 2.05) is 41.3 Å². The van der Waals surface area contributed by atoms with Gasteiger partial charge in [0.25, 0.3) is 0 Å². The summed E-state index contributed by atoms with van der Waals surface area (Å²) in [6, 6.07) is 11.3. The first kappa shape index (κ1) is 18.1. The summed E-state index contributed by atoms with van der Waals surface area (Å²) in [6.45, 7) is 1.16. The lowest BCUT2D eigenvalue weighted by molar-refractivity contribution is 0.149. The van der Waals surface area contributed by atoms with Crippen molar-refractivity contribution in [2.45, 2.75) is 31.7 Å². The number of aromatic nitrogens is 4. The summed E-state index contributed by atoms with van der Waals surface area (Å²) in [5.74, 6) is 0.925. The van der Waals surface area contributed by atoms with Gasteiger partial charge < -0.3 is 14.7 Å². The molecule has 3 aromatic rings. The van der Waals surface area contributed by atoms with Gasteiger partial charge in [0.1, 0.15) is 5.69 Å². The third-order valence-electron chi connectivity index (χ3n) is 4.77. The Morgan fingerprint density at radius 3 is 2.79 bits per heavy atom. The number of carbonyl (C=O) groups is 1. The normalized spacial score (nSPS) is 16.7. The quantitative estimate of drug-likeness (QED) is 0.733. The smallest absolute Gasteiger partial charge is 0.317 e. The SMILES string of the molecule is O=C(NCCc1nc(-c2ccccn2)no1)N1CCCC[C@H]1c1ccccn1. The van der Waals surface area contributed by atoms with Crippen molar-refractivity contribution < 1.29 is 9.32 Å². The molecule has 8 heteroatoms. The summed E-state index contributed by atoms with van der Waals surface area (Å²) in [6.07, 6.45) is 6.96. The number of hydrogen-bond acceptors (Lipinski definition) is 6. The maximum Gasteiger partial charge on any atom is 0.317 e. The van der Waals surface area contributed by atoms with Crippen LogP contribution in [0.15, 0.2) is 53.3 Å². The van der Waals surface area contributed by atoms with Crippen molar-refractivity contribution in [2.24, 2.45) is 0 Å². The Morgan fingerprint density at radius 2 is 2.00 bits per heavy atom. The lowest BCUT2D eigenvalue weighted by Crippen LogP contribution is -2.45. The van der Waals surface area contributed by atoms with Gasteiger partial charge >= 0.3 is 6.03 Å². The highest BCUT2D eigenvalue weighted by molar-refractivity contribution is 5.74. The minimum Gasteiger partial charge on any atom is -0.339 e. The predicted molar refractivity (Wildman–Crippen MR) is 102 cm³/mol. The molecule has 1 aliphatic heterocycles. The number of hydrogen-bond donors (Lipinski definition) is 1. The second kappa shape index (κ2) is 8.60. The fraction of sp³-hybridized carbons (Fsp3) is 0.350. The fourth-order valence-electron chi connectivity index (χ4n) is 3.39. The average Bonchev–Trinajstić information content (AvgIpc) is 3.24. The van der Waals surface area contributed by atoms with Gasteiger partial charge in [-0.2, -0.15) is 4.98 Å². The van der Waals surface area contributed by atoms with Crippen LogP contribution in [0, 0.1) is 0 Å². The van der Waals surface area contributed by atoms with E-state index in [4.69, 9.17) is 4.52 Å². The molecule has 4 rings (SSSR count). The second-order valence-electron chi connectivity index (χ2n) is 6.67. The van der Waals surface area contributed by atoms with E-state index in [2.05, 4.69) is 25.4 Å². The molecule has 0 aliphatic carbocycles. The van der Waals surface area contributed by atoms with Gasteiger partial charge in [0.2, 0.25) is 11.7 Å². The molecule has 144 valence electrons. The van der Waals surface area contributed by atoms with Crippen LogP contribution in [0.3, 0.4) is 0 Å². The molecule has 28 heavy (non-hydrogen) atoms. The van der Waals surface area contributed by atoms with Gasteiger partial charge in [-0.15, -0.1) is 0 Å². The molecule has 2 amide bonds. The third-order valence-corrected chi connectivity index (χ3v) is 4.77. The fourth-order valence-corrected chi connectivity index (χ4v) is 3.39. The summed E-state index contributed by atoms with van der Waals surface area (Å²) in [7, 11) is 0. The van der Waals surface area contributed by atoms with E-state index in [1.54, 1.807) is 12.4 Å². The van der Waals surface area contributed by atoms with E-state index < -0.39 is 0 Å². The monoisotopic (exact) mass is 378 g/mol. The molecule has 0 spiro atoms. The Balaban J connectivity index is 1.33. The van der Waals surface area contributed by atoms with Crippen molar-refractivity contribution in [3.05, 3.63) is 60.4 Å². The molecule has 1 atom stereocenters. The Morgan fingerprint density at radius 1 is 1.14 bits per heavy atom. The van der Waals surface area contributed by atoms with Gasteiger partial charge in [0, 0.05) is 31.9 Å². The number of nitrogens with zero attached hydrogens (tertiary/aromatic N) is 5. The van der Waals surface area contributed by atoms with E-state index in [0.717, 1.165) is 31.5 Å². The van der Waals surface area contributed by atoms with Gasteiger partial charge in [-0.25, -0.2) is 4.79 Å². The maximum absolute atomic E-state index is 12.7. The first-order valence-corrected chi connectivity index (χ1v) is 9.50. The number of carbonyl (C=O) groups excluding carboxylic acids is 1. The molecule has 8 nitrogen and oxygen atoms in total. The van der Waals surface area contributed by atoms with E-state index in [0.29, 0.717) is 30.4 Å². The first-order chi connectivity index (χ1) is 13.8. The Kier molecular flexibility index (Phi) is 5.56. The summed E-state index contributed by atoms with van der Waals surface area (Å²) in [5, 5.41) is 6.91. The molecule has 1 fully saturated rings. The molecule has 0 aromatic carbocycles. The number of likely N-dealkylation sites (tertiary alicyclic amines) is 1. The standard InChI is InChI=1S/C20H22N6O2/c27-20(26-14-6-3-9-17(26)15-7-1-4-11-21-15)23-13-10-18-24-19(25-28-18)16-8-2-5-12-22-16/h1-2,4-5,7-8,11-12,17H,3,6,9-10,13-14H2,(H,23,27)/t17-/m0/s1. The van der Waals surface area contributed by atoms with Crippen molar-refractivity contribution in [3.8, 4) is 11.5 Å². The van der Waals surface area contributed by atoms with E-state index in [1.165, 1.54) is 0 Å². The predicted octanol–water partition coefficient (Wildman–Crippen LogP) is 3.01. The highest BCUT2D eigenvalue weighted by Crippen LogP contribution is 2.29. The van der Waals surface area contributed by atoms with Crippen molar-refractivity contribution >= 4 is 6.03 Å². The lowest BCUT2D eigenvalue weighted by Gasteiger charge is -2.35. The molecule has 1 saturated heterocycles. The Bertz CT molecular complexity index is 899. The van der Waals surface area contributed by atoms with Crippen molar-refractivity contribution in [1.29, 1.82) is 0 Å².